The van der Waals surface area contributed by atoms with Crippen molar-refractivity contribution in [1.82, 2.24) is 15.0 Å². The first-order chi connectivity index (χ1) is 21.0. The molecule has 2 amide bonds. The van der Waals surface area contributed by atoms with Gasteiger partial charge in [-0.05, 0) is 84.5 Å². The van der Waals surface area contributed by atoms with Crippen LogP contribution < -0.4 is 14.7 Å². The number of carbonyl (C=O) groups is 2. The van der Waals surface area contributed by atoms with Crippen molar-refractivity contribution in [3.8, 4) is 0 Å². The number of benzene rings is 3. The van der Waals surface area contributed by atoms with Crippen LogP contribution in [0, 0.1) is 0 Å². The second-order valence-electron chi connectivity index (χ2n) is 11.8. The Morgan fingerprint density at radius 3 is 1.64 bits per heavy atom. The first kappa shape index (κ1) is 27.4. The third kappa shape index (κ3) is 3.82. The van der Waals surface area contributed by atoms with Crippen LogP contribution in [0.15, 0.2) is 54.6 Å². The van der Waals surface area contributed by atoms with Crippen molar-refractivity contribution in [3.63, 3.8) is 0 Å². The Kier molecular flexibility index (Phi) is 6.16. The number of hydrogen-bond acceptors (Lipinski definition) is 4. The molecule has 0 saturated heterocycles. The Bertz CT molecular complexity index is 2210. The standard InChI is InChI=1S/C34H27N6O3.Y/c1-38-11-8-19-23-15-28(36-26(23)2-5-30(19)38)33(42)40-13-10-21-24-16-29(37-27(24)4-7-32(21)40)34(43)39-12-9-20-22-14-18(17-41)35-25(22)3-6-31(20)39;/h2-7,14-16,35-37H,8-13H2,1H3;/q-1;. The van der Waals surface area contributed by atoms with E-state index in [-0.39, 0.29) is 44.5 Å². The Balaban J connectivity index is 0.00000289. The van der Waals surface area contributed by atoms with Gasteiger partial charge in [-0.3, -0.25) is 9.59 Å². The molecule has 44 heavy (non-hydrogen) atoms. The molecule has 6 aromatic rings. The third-order valence-corrected chi connectivity index (χ3v) is 9.59. The molecular weight excluding hydrogens is 629 g/mol. The second-order valence-corrected chi connectivity index (χ2v) is 11.8. The summed E-state index contributed by atoms with van der Waals surface area (Å²) in [5.41, 5.74) is 10.7. The minimum absolute atomic E-state index is 0. The fourth-order valence-electron chi connectivity index (χ4n) is 7.50. The molecule has 3 aliphatic rings. The molecular formula is C34H27N6O3Y-. The largest absolute Gasteiger partial charge is 0.417 e. The molecule has 1 radical (unpaired) electrons. The predicted molar refractivity (Wildman–Crippen MR) is 167 cm³/mol. The smallest absolute Gasteiger partial charge is 0.274 e. The number of nitrogens with one attached hydrogen (secondary N) is 3. The summed E-state index contributed by atoms with van der Waals surface area (Å²) in [6, 6.07) is 17.7. The van der Waals surface area contributed by atoms with Crippen molar-refractivity contribution in [2.75, 3.05) is 41.4 Å². The maximum absolute atomic E-state index is 13.8. The molecule has 0 bridgehead atoms. The molecule has 215 valence electrons. The third-order valence-electron chi connectivity index (χ3n) is 9.59. The summed E-state index contributed by atoms with van der Waals surface area (Å²) in [7, 11) is 2.10. The van der Waals surface area contributed by atoms with E-state index in [1.54, 1.807) is 11.0 Å². The number of aromatic nitrogens is 3. The van der Waals surface area contributed by atoms with Crippen LogP contribution in [-0.2, 0) is 56.8 Å². The van der Waals surface area contributed by atoms with E-state index < -0.39 is 0 Å². The number of fused-ring (bicyclic) bond motifs is 9. The normalized spacial score (nSPS) is 15.2. The van der Waals surface area contributed by atoms with Gasteiger partial charge in [-0.15, -0.1) is 0 Å². The quantitative estimate of drug-likeness (QED) is 0.234. The number of anilines is 3. The van der Waals surface area contributed by atoms with E-state index in [1.807, 2.05) is 47.6 Å². The van der Waals surface area contributed by atoms with Crippen molar-refractivity contribution in [3.05, 3.63) is 88.4 Å². The molecule has 0 aliphatic carbocycles. The monoisotopic (exact) mass is 656 g/mol. The van der Waals surface area contributed by atoms with Crippen molar-refractivity contribution in [1.29, 1.82) is 0 Å². The molecule has 0 fully saturated rings. The maximum atomic E-state index is 13.8. The maximum Gasteiger partial charge on any atom is 0.274 e. The van der Waals surface area contributed by atoms with Gasteiger partial charge in [-0.25, -0.2) is 0 Å². The zero-order valence-electron chi connectivity index (χ0n) is 24.1. The van der Waals surface area contributed by atoms with Crippen LogP contribution in [0.3, 0.4) is 0 Å². The van der Waals surface area contributed by atoms with Crippen molar-refractivity contribution < 1.29 is 47.1 Å². The van der Waals surface area contributed by atoms with Gasteiger partial charge in [-0.1, -0.05) is 11.1 Å². The summed E-state index contributed by atoms with van der Waals surface area (Å²) in [5, 5.41) is 3.05. The molecule has 9 nitrogen and oxygen atoms in total. The number of aromatic amines is 3. The van der Waals surface area contributed by atoms with Gasteiger partial charge < -0.3 is 34.4 Å². The van der Waals surface area contributed by atoms with Crippen LogP contribution in [0.1, 0.15) is 43.4 Å². The number of nitrogens with zero attached hydrogens (tertiary/aromatic N) is 3. The molecule has 3 aromatic heterocycles. The van der Waals surface area contributed by atoms with E-state index in [0.29, 0.717) is 36.6 Å². The van der Waals surface area contributed by atoms with Gasteiger partial charge in [0.15, 0.2) is 0 Å². The molecule has 0 saturated carbocycles. The summed E-state index contributed by atoms with van der Waals surface area (Å²) >= 11 is 0. The van der Waals surface area contributed by atoms with Crippen molar-refractivity contribution in [2.45, 2.75) is 19.3 Å². The van der Waals surface area contributed by atoms with Gasteiger partial charge >= 0.3 is 0 Å². The van der Waals surface area contributed by atoms with Gasteiger partial charge in [-0.2, -0.15) is 6.07 Å². The Morgan fingerprint density at radius 1 is 0.636 bits per heavy atom. The van der Waals surface area contributed by atoms with Gasteiger partial charge in [0.25, 0.3) is 11.8 Å². The van der Waals surface area contributed by atoms with Crippen LogP contribution in [0.5, 0.6) is 0 Å². The van der Waals surface area contributed by atoms with E-state index >= 15 is 0 Å². The summed E-state index contributed by atoms with van der Waals surface area (Å²) in [6.07, 6.45) is 4.34. The first-order valence-corrected chi connectivity index (χ1v) is 14.7. The van der Waals surface area contributed by atoms with Gasteiger partial charge in [0, 0.05) is 110 Å². The average Bonchev–Trinajstić information content (AvgIpc) is 3.85. The van der Waals surface area contributed by atoms with E-state index in [1.165, 1.54) is 11.3 Å². The zero-order chi connectivity index (χ0) is 29.0. The van der Waals surface area contributed by atoms with Crippen molar-refractivity contribution >= 4 is 67.9 Å². The van der Waals surface area contributed by atoms with E-state index in [9.17, 15) is 14.4 Å². The molecule has 0 unspecified atom stereocenters. The van der Waals surface area contributed by atoms with Crippen LogP contribution in [0.25, 0.3) is 32.7 Å². The minimum atomic E-state index is -0.0945. The average molecular weight is 657 g/mol. The number of rotatable bonds is 3. The summed E-state index contributed by atoms with van der Waals surface area (Å²) in [5.74, 6) is -0.135. The Hall–Kier alpha value is -4.21. The Morgan fingerprint density at radius 2 is 1.09 bits per heavy atom. The molecule has 0 spiro atoms. The van der Waals surface area contributed by atoms with Crippen LogP contribution in [0.2, 0.25) is 0 Å². The molecule has 10 heteroatoms. The molecule has 3 aliphatic heterocycles. The zero-order valence-corrected chi connectivity index (χ0v) is 26.9. The fourth-order valence-corrected chi connectivity index (χ4v) is 7.50. The summed E-state index contributed by atoms with van der Waals surface area (Å²) in [4.78, 5) is 54.4. The van der Waals surface area contributed by atoms with Crippen LogP contribution in [-0.4, -0.2) is 59.7 Å². The number of carbonyl (C=O) groups excluding carboxylic acids is 3. The van der Waals surface area contributed by atoms with Gasteiger partial charge in [0.1, 0.15) is 11.4 Å². The van der Waals surface area contributed by atoms with E-state index in [0.717, 1.165) is 74.6 Å². The molecule has 3 N–H and O–H groups in total. The molecule has 6 heterocycles. The van der Waals surface area contributed by atoms with E-state index in [4.69, 9.17) is 0 Å². The molecule has 3 aromatic carbocycles. The Labute approximate surface area is 277 Å². The van der Waals surface area contributed by atoms with Crippen molar-refractivity contribution in [2.24, 2.45) is 0 Å². The first-order valence-electron chi connectivity index (χ1n) is 14.7. The fraction of sp³-hybridized carbons (Fsp3) is 0.206. The van der Waals surface area contributed by atoms with Crippen LogP contribution in [0.4, 0.5) is 17.1 Å². The summed E-state index contributed by atoms with van der Waals surface area (Å²) in [6.45, 7) is 2.14. The molecule has 0 atom stereocenters. The SMILES string of the molecule is CN1CCc2c1ccc1[nH]c(C(=O)N3CCc4c3ccc3[nH]c(C(=O)N5CCc6c5ccc5[nH]c([C-]=O)cc65)cc43)cc21.[Y]. The topological polar surface area (TPSA) is 108 Å². The van der Waals surface area contributed by atoms with Gasteiger partial charge in [0.05, 0.1) is 0 Å². The van der Waals surface area contributed by atoms with E-state index in [2.05, 4.69) is 39.0 Å². The number of hydrogen-bond donors (Lipinski definition) is 3. The minimum Gasteiger partial charge on any atom is -0.417 e. The number of likely N-dealkylation sites (N-methyl/N-ethyl adjacent to an activating group) is 1. The number of amides is 2. The number of H-pyrrole nitrogens is 3. The van der Waals surface area contributed by atoms with Crippen LogP contribution >= 0.6 is 0 Å². The molecule has 9 rings (SSSR count). The summed E-state index contributed by atoms with van der Waals surface area (Å²) < 4.78 is 0. The second kappa shape index (κ2) is 9.91. The van der Waals surface area contributed by atoms with Gasteiger partial charge in [0.2, 0.25) is 0 Å². The predicted octanol–water partition coefficient (Wildman–Crippen LogP) is 4.98.